The van der Waals surface area contributed by atoms with Gasteiger partial charge in [0, 0.05) is 5.56 Å². The predicted molar refractivity (Wildman–Crippen MR) is 98.0 cm³/mol. The van der Waals surface area contributed by atoms with Gasteiger partial charge in [0.15, 0.2) is 17.3 Å². The van der Waals surface area contributed by atoms with Crippen molar-refractivity contribution in [1.29, 1.82) is 0 Å². The lowest BCUT2D eigenvalue weighted by molar-refractivity contribution is 0.0964. The van der Waals surface area contributed by atoms with Gasteiger partial charge in [0.05, 0.1) is 4.88 Å². The first-order valence-electron chi connectivity index (χ1n) is 7.96. The summed E-state index contributed by atoms with van der Waals surface area (Å²) in [4.78, 5) is 25.8. The number of nitrogens with zero attached hydrogens (tertiary/aromatic N) is 2. The van der Waals surface area contributed by atoms with Crippen molar-refractivity contribution in [2.75, 3.05) is 18.9 Å². The Labute approximate surface area is 152 Å². The molecule has 7 nitrogen and oxygen atoms in total. The first kappa shape index (κ1) is 16.3. The van der Waals surface area contributed by atoms with E-state index in [-0.39, 0.29) is 18.0 Å². The molecular weight excluding hydrogens is 354 g/mol. The number of hydrogen-bond donors (Lipinski definition) is 1. The molecule has 0 saturated heterocycles. The summed E-state index contributed by atoms with van der Waals surface area (Å²) in [7, 11) is 0. The molecule has 1 aliphatic heterocycles. The fourth-order valence-corrected chi connectivity index (χ4v) is 3.34. The Hall–Kier alpha value is -3.13. The van der Waals surface area contributed by atoms with Gasteiger partial charge < -0.3 is 15.2 Å². The van der Waals surface area contributed by atoms with E-state index in [2.05, 4.69) is 5.10 Å². The number of nitrogens with two attached hydrogens (primary N) is 1. The maximum atomic E-state index is 12.6. The average Bonchev–Trinajstić information content (AvgIpc) is 3.19. The number of rotatable bonds is 4. The highest BCUT2D eigenvalue weighted by atomic mass is 32.1. The van der Waals surface area contributed by atoms with Crippen LogP contribution in [0.1, 0.15) is 10.4 Å². The molecule has 3 aromatic rings. The highest BCUT2D eigenvalue weighted by Gasteiger charge is 2.17. The number of benzene rings is 1. The molecule has 0 unspecified atom stereocenters. The molecule has 0 radical (unpaired) electrons. The van der Waals surface area contributed by atoms with Gasteiger partial charge in [0.2, 0.25) is 0 Å². The van der Waals surface area contributed by atoms with Crippen LogP contribution < -0.4 is 20.8 Å². The van der Waals surface area contributed by atoms with Gasteiger partial charge >= 0.3 is 0 Å². The van der Waals surface area contributed by atoms with E-state index in [1.54, 1.807) is 18.2 Å². The lowest BCUT2D eigenvalue weighted by atomic mass is 10.1. The molecule has 3 heterocycles. The molecule has 0 atom stereocenters. The second-order valence-corrected chi connectivity index (χ2v) is 6.65. The largest absolute Gasteiger partial charge is 0.486 e. The number of Topliss-reactive ketones (excluding diaryl/α,β-unsaturated/α-hetero) is 1. The molecule has 8 heteroatoms. The van der Waals surface area contributed by atoms with E-state index in [4.69, 9.17) is 15.2 Å². The van der Waals surface area contributed by atoms with Crippen molar-refractivity contribution in [1.82, 2.24) is 9.78 Å². The number of anilines is 1. The van der Waals surface area contributed by atoms with Crippen molar-refractivity contribution >= 4 is 22.8 Å². The Kier molecular flexibility index (Phi) is 4.18. The third-order valence-electron chi connectivity index (χ3n) is 3.93. The Morgan fingerprint density at radius 1 is 1.19 bits per heavy atom. The summed E-state index contributed by atoms with van der Waals surface area (Å²) < 4.78 is 12.0. The van der Waals surface area contributed by atoms with Gasteiger partial charge in [0.1, 0.15) is 31.1 Å². The first-order valence-corrected chi connectivity index (χ1v) is 8.84. The number of nitrogen functional groups attached to an aromatic ring is 1. The number of ether oxygens (including phenoxy) is 2. The van der Waals surface area contributed by atoms with Crippen LogP contribution in [0.4, 0.5) is 5.69 Å². The zero-order chi connectivity index (χ0) is 18.1. The zero-order valence-electron chi connectivity index (χ0n) is 13.7. The number of thiophene rings is 1. The Balaban J connectivity index is 1.64. The van der Waals surface area contributed by atoms with Gasteiger partial charge in [-0.15, -0.1) is 11.3 Å². The summed E-state index contributed by atoms with van der Waals surface area (Å²) in [5.41, 5.74) is 6.36. The fraction of sp³-hybridized carbons (Fsp3) is 0.167. The SMILES string of the molecule is Nc1cc(-c2cccs2)nn(CC(=O)c2ccc3c(c2)OCCO3)c1=O. The van der Waals surface area contributed by atoms with Crippen LogP contribution in [0.5, 0.6) is 11.5 Å². The number of hydrogen-bond acceptors (Lipinski definition) is 7. The standard InChI is InChI=1S/C18H15N3O4S/c19-12-9-13(17-2-1-7-26-17)20-21(18(12)23)10-14(22)11-3-4-15-16(8-11)25-6-5-24-15/h1-4,7-9H,5-6,10,19H2. The van der Waals surface area contributed by atoms with Crippen LogP contribution in [0.15, 0.2) is 46.6 Å². The van der Waals surface area contributed by atoms with Crippen LogP contribution in [0.3, 0.4) is 0 Å². The summed E-state index contributed by atoms with van der Waals surface area (Å²) in [5.74, 6) is 0.862. The highest BCUT2D eigenvalue weighted by Crippen LogP contribution is 2.31. The van der Waals surface area contributed by atoms with Gasteiger partial charge in [-0.2, -0.15) is 5.10 Å². The smallest absolute Gasteiger partial charge is 0.290 e. The van der Waals surface area contributed by atoms with E-state index in [0.717, 1.165) is 9.56 Å². The molecule has 0 amide bonds. The molecule has 2 aromatic heterocycles. The van der Waals surface area contributed by atoms with Crippen LogP contribution in [-0.2, 0) is 6.54 Å². The molecular formula is C18H15N3O4S. The number of ketones is 1. The van der Waals surface area contributed by atoms with E-state index in [1.807, 2.05) is 17.5 Å². The third-order valence-corrected chi connectivity index (χ3v) is 4.83. The van der Waals surface area contributed by atoms with Crippen LogP contribution in [0, 0.1) is 0 Å². The van der Waals surface area contributed by atoms with Crippen molar-refractivity contribution in [3.05, 3.63) is 57.7 Å². The highest BCUT2D eigenvalue weighted by molar-refractivity contribution is 7.13. The monoisotopic (exact) mass is 369 g/mol. The summed E-state index contributed by atoms with van der Waals surface area (Å²) in [5, 5.41) is 6.19. The zero-order valence-corrected chi connectivity index (χ0v) is 14.5. The number of fused-ring (bicyclic) bond motifs is 1. The predicted octanol–water partition coefficient (Wildman–Crippen LogP) is 2.21. The summed E-state index contributed by atoms with van der Waals surface area (Å²) in [6.45, 7) is 0.710. The normalized spacial score (nSPS) is 12.8. The molecule has 4 rings (SSSR count). The minimum absolute atomic E-state index is 0.0541. The maximum Gasteiger partial charge on any atom is 0.290 e. The molecule has 132 valence electrons. The molecule has 0 fully saturated rings. The van der Waals surface area contributed by atoms with Crippen LogP contribution in [0.2, 0.25) is 0 Å². The van der Waals surface area contributed by atoms with Crippen LogP contribution in [0.25, 0.3) is 10.6 Å². The number of carbonyl (C=O) groups excluding carboxylic acids is 1. The molecule has 0 spiro atoms. The summed E-state index contributed by atoms with van der Waals surface area (Å²) >= 11 is 1.48. The van der Waals surface area contributed by atoms with Gasteiger partial charge in [0.25, 0.3) is 5.56 Å². The van der Waals surface area contributed by atoms with Crippen molar-refractivity contribution in [2.24, 2.45) is 0 Å². The summed E-state index contributed by atoms with van der Waals surface area (Å²) in [6, 6.07) is 10.2. The Morgan fingerprint density at radius 3 is 2.77 bits per heavy atom. The van der Waals surface area contributed by atoms with E-state index in [1.165, 1.54) is 17.4 Å². The van der Waals surface area contributed by atoms with Gasteiger partial charge in [-0.25, -0.2) is 4.68 Å². The molecule has 0 saturated carbocycles. The second kappa shape index (κ2) is 6.64. The maximum absolute atomic E-state index is 12.6. The second-order valence-electron chi connectivity index (χ2n) is 5.71. The van der Waals surface area contributed by atoms with Gasteiger partial charge in [-0.05, 0) is 35.7 Å². The van der Waals surface area contributed by atoms with E-state index < -0.39 is 5.56 Å². The molecule has 0 aliphatic carbocycles. The molecule has 26 heavy (non-hydrogen) atoms. The quantitative estimate of drug-likeness (QED) is 0.708. The van der Waals surface area contributed by atoms with Gasteiger partial charge in [-0.1, -0.05) is 6.07 Å². The first-order chi connectivity index (χ1) is 12.6. The van der Waals surface area contributed by atoms with E-state index >= 15 is 0 Å². The van der Waals surface area contributed by atoms with Gasteiger partial charge in [-0.3, -0.25) is 9.59 Å². The van der Waals surface area contributed by atoms with Crippen molar-refractivity contribution < 1.29 is 14.3 Å². The molecule has 2 N–H and O–H groups in total. The molecule has 1 aliphatic rings. The minimum Gasteiger partial charge on any atom is -0.486 e. The Bertz CT molecular complexity index is 1030. The Morgan fingerprint density at radius 2 is 2.00 bits per heavy atom. The number of carbonyl (C=O) groups is 1. The molecule has 1 aromatic carbocycles. The molecule has 0 bridgehead atoms. The fourth-order valence-electron chi connectivity index (χ4n) is 2.66. The van der Waals surface area contributed by atoms with Crippen LogP contribution in [-0.4, -0.2) is 28.8 Å². The topological polar surface area (TPSA) is 96.4 Å². The number of aromatic nitrogens is 2. The van der Waals surface area contributed by atoms with Crippen molar-refractivity contribution in [3.63, 3.8) is 0 Å². The van der Waals surface area contributed by atoms with Crippen LogP contribution >= 0.6 is 11.3 Å². The summed E-state index contributed by atoms with van der Waals surface area (Å²) in [6.07, 6.45) is 0. The third kappa shape index (κ3) is 3.06. The van der Waals surface area contributed by atoms with E-state index in [9.17, 15) is 9.59 Å². The lowest BCUT2D eigenvalue weighted by Crippen LogP contribution is -2.29. The van der Waals surface area contributed by atoms with Crippen molar-refractivity contribution in [2.45, 2.75) is 6.54 Å². The lowest BCUT2D eigenvalue weighted by Gasteiger charge is -2.18. The van der Waals surface area contributed by atoms with Crippen molar-refractivity contribution in [3.8, 4) is 22.1 Å². The minimum atomic E-state index is -0.490. The van der Waals surface area contributed by atoms with E-state index in [0.29, 0.717) is 36.0 Å². The average molecular weight is 369 g/mol.